The van der Waals surface area contributed by atoms with Crippen molar-refractivity contribution in [1.29, 1.82) is 0 Å². The molecule has 11 heteroatoms. The predicted molar refractivity (Wildman–Crippen MR) is 133 cm³/mol. The molecule has 0 spiro atoms. The molecule has 0 radical (unpaired) electrons. The van der Waals surface area contributed by atoms with Crippen molar-refractivity contribution < 1.29 is 9.53 Å². The Labute approximate surface area is 207 Å². The molecule has 1 fully saturated rings. The van der Waals surface area contributed by atoms with Crippen LogP contribution in [0.2, 0.25) is 5.15 Å². The molecule has 1 saturated heterocycles. The Morgan fingerprint density at radius 1 is 0.971 bits per heavy atom. The number of amides is 1. The van der Waals surface area contributed by atoms with E-state index in [2.05, 4.69) is 25.0 Å². The van der Waals surface area contributed by atoms with Crippen molar-refractivity contribution in [1.82, 2.24) is 34.6 Å². The summed E-state index contributed by atoms with van der Waals surface area (Å²) in [5, 5.41) is 5.72. The zero-order chi connectivity index (χ0) is 24.6. The lowest BCUT2D eigenvalue weighted by Crippen LogP contribution is -2.50. The summed E-state index contributed by atoms with van der Waals surface area (Å²) in [7, 11) is 0. The van der Waals surface area contributed by atoms with Gasteiger partial charge in [0.15, 0.2) is 5.82 Å². The zero-order valence-electron chi connectivity index (χ0n) is 19.7. The Morgan fingerprint density at radius 2 is 1.74 bits per heavy atom. The minimum Gasteiger partial charge on any atom is -0.444 e. The van der Waals surface area contributed by atoms with E-state index >= 15 is 0 Å². The molecular formula is C24H25ClN8O2. The van der Waals surface area contributed by atoms with E-state index in [1.54, 1.807) is 28.2 Å². The molecule has 5 rings (SSSR count). The SMILES string of the molecule is CC(C)(C)OC(=O)N1CCN(c2cccc(-n3ncc4cnc(-c5cncc(Cl)n5)cc43)n2)CC1. The van der Waals surface area contributed by atoms with E-state index in [1.807, 2.05) is 45.0 Å². The van der Waals surface area contributed by atoms with Crippen LogP contribution in [0.4, 0.5) is 10.6 Å². The first-order chi connectivity index (χ1) is 16.8. The highest BCUT2D eigenvalue weighted by atomic mass is 35.5. The van der Waals surface area contributed by atoms with Gasteiger partial charge in [-0.3, -0.25) is 9.97 Å². The van der Waals surface area contributed by atoms with Gasteiger partial charge < -0.3 is 14.5 Å². The van der Waals surface area contributed by atoms with Crippen molar-refractivity contribution in [3.05, 3.63) is 54.2 Å². The first kappa shape index (κ1) is 23.0. The van der Waals surface area contributed by atoms with Crippen molar-refractivity contribution >= 4 is 34.4 Å². The molecule has 1 amide bonds. The number of pyridine rings is 2. The third-order valence-electron chi connectivity index (χ3n) is 5.51. The van der Waals surface area contributed by atoms with Gasteiger partial charge in [0.2, 0.25) is 0 Å². The molecule has 0 unspecified atom stereocenters. The second-order valence-electron chi connectivity index (χ2n) is 9.22. The molecule has 1 aliphatic rings. The average molecular weight is 493 g/mol. The van der Waals surface area contributed by atoms with E-state index in [1.165, 1.54) is 6.20 Å². The van der Waals surface area contributed by atoms with E-state index in [0.717, 1.165) is 16.7 Å². The quantitative estimate of drug-likeness (QED) is 0.423. The van der Waals surface area contributed by atoms with Crippen molar-refractivity contribution in [3.8, 4) is 17.2 Å². The van der Waals surface area contributed by atoms with E-state index in [-0.39, 0.29) is 6.09 Å². The van der Waals surface area contributed by atoms with Crippen LogP contribution < -0.4 is 4.90 Å². The molecule has 4 aromatic rings. The molecule has 0 aliphatic carbocycles. The average Bonchev–Trinajstić information content (AvgIpc) is 3.26. The monoisotopic (exact) mass is 492 g/mol. The normalized spacial score (nSPS) is 14.4. The molecule has 10 nitrogen and oxygen atoms in total. The second kappa shape index (κ2) is 9.10. The Morgan fingerprint density at radius 3 is 2.49 bits per heavy atom. The van der Waals surface area contributed by atoms with E-state index in [0.29, 0.717) is 48.5 Å². The highest BCUT2D eigenvalue weighted by molar-refractivity contribution is 6.29. The van der Waals surface area contributed by atoms with Gasteiger partial charge in [0.25, 0.3) is 0 Å². The fourth-order valence-electron chi connectivity index (χ4n) is 3.86. The van der Waals surface area contributed by atoms with Gasteiger partial charge in [-0.25, -0.2) is 19.4 Å². The van der Waals surface area contributed by atoms with Crippen molar-refractivity contribution in [2.24, 2.45) is 0 Å². The van der Waals surface area contributed by atoms with Crippen LogP contribution in [0.3, 0.4) is 0 Å². The Hall–Kier alpha value is -3.79. The van der Waals surface area contributed by atoms with Crippen molar-refractivity contribution in [2.75, 3.05) is 31.1 Å². The standard InChI is InChI=1S/C24H25ClN8O2/c1-24(2,3)35-23(34)32-9-7-31(8-10-32)21-5-4-6-22(30-21)33-19-11-17(27-12-16(19)13-28-33)18-14-26-15-20(25)29-18/h4-6,11-15H,7-10H2,1-3H3. The number of carbonyl (C=O) groups is 1. The van der Waals surface area contributed by atoms with Crippen molar-refractivity contribution in [2.45, 2.75) is 26.4 Å². The topological polar surface area (TPSA) is 102 Å². The number of carbonyl (C=O) groups excluding carboxylic acids is 1. The lowest BCUT2D eigenvalue weighted by molar-refractivity contribution is 0.0240. The molecular weight excluding hydrogens is 468 g/mol. The van der Waals surface area contributed by atoms with Gasteiger partial charge in [0, 0.05) is 37.8 Å². The molecule has 4 aromatic heterocycles. The molecule has 1 aliphatic heterocycles. The molecule has 180 valence electrons. The Bertz CT molecular complexity index is 1380. The summed E-state index contributed by atoms with van der Waals surface area (Å²) in [6.07, 6.45) is 6.32. The summed E-state index contributed by atoms with van der Waals surface area (Å²) in [5.74, 6) is 1.51. The summed E-state index contributed by atoms with van der Waals surface area (Å²) in [6.45, 7) is 8.08. The van der Waals surface area contributed by atoms with Crippen LogP contribution in [0.1, 0.15) is 20.8 Å². The minimum absolute atomic E-state index is 0.282. The molecule has 0 saturated carbocycles. The number of hydrogen-bond acceptors (Lipinski definition) is 8. The van der Waals surface area contributed by atoms with Gasteiger partial charge in [-0.05, 0) is 39.0 Å². The van der Waals surface area contributed by atoms with Crippen LogP contribution >= 0.6 is 11.6 Å². The smallest absolute Gasteiger partial charge is 0.410 e. The zero-order valence-corrected chi connectivity index (χ0v) is 20.5. The molecule has 0 atom stereocenters. The van der Waals surface area contributed by atoms with E-state index in [9.17, 15) is 4.79 Å². The number of anilines is 1. The molecule has 0 bridgehead atoms. The van der Waals surface area contributed by atoms with E-state index in [4.69, 9.17) is 21.3 Å². The van der Waals surface area contributed by atoms with Gasteiger partial charge in [-0.2, -0.15) is 5.10 Å². The fourth-order valence-corrected chi connectivity index (χ4v) is 4.01. The first-order valence-corrected chi connectivity index (χ1v) is 11.7. The van der Waals surface area contributed by atoms with Crippen LogP contribution in [0.5, 0.6) is 0 Å². The molecule has 0 aromatic carbocycles. The maximum absolute atomic E-state index is 12.4. The fraction of sp³-hybridized carbons (Fsp3) is 0.333. The summed E-state index contributed by atoms with van der Waals surface area (Å²) >= 11 is 6.00. The van der Waals surface area contributed by atoms with Crippen LogP contribution in [0.15, 0.2) is 49.1 Å². The van der Waals surface area contributed by atoms with Crippen LogP contribution in [0.25, 0.3) is 28.1 Å². The number of fused-ring (bicyclic) bond motifs is 1. The Kier molecular flexibility index (Phi) is 5.98. The van der Waals surface area contributed by atoms with Gasteiger partial charge in [-0.15, -0.1) is 0 Å². The summed E-state index contributed by atoms with van der Waals surface area (Å²) in [6, 6.07) is 7.73. The maximum atomic E-state index is 12.4. The number of ether oxygens (including phenoxy) is 1. The largest absolute Gasteiger partial charge is 0.444 e. The van der Waals surface area contributed by atoms with Gasteiger partial charge >= 0.3 is 6.09 Å². The number of nitrogens with zero attached hydrogens (tertiary/aromatic N) is 8. The van der Waals surface area contributed by atoms with E-state index < -0.39 is 5.60 Å². The molecule has 5 heterocycles. The highest BCUT2D eigenvalue weighted by Gasteiger charge is 2.26. The number of piperazine rings is 1. The summed E-state index contributed by atoms with van der Waals surface area (Å²) in [5.41, 5.74) is 1.56. The molecule has 35 heavy (non-hydrogen) atoms. The third kappa shape index (κ3) is 5.02. The maximum Gasteiger partial charge on any atom is 0.410 e. The lowest BCUT2D eigenvalue weighted by atomic mass is 10.2. The second-order valence-corrected chi connectivity index (χ2v) is 9.61. The number of hydrogen-bond donors (Lipinski definition) is 0. The summed E-state index contributed by atoms with van der Waals surface area (Å²) in [4.78, 5) is 34.0. The van der Waals surface area contributed by atoms with Crippen LogP contribution in [0, 0.1) is 0 Å². The number of halogens is 1. The van der Waals surface area contributed by atoms with Gasteiger partial charge in [0.05, 0.1) is 29.8 Å². The minimum atomic E-state index is -0.509. The van der Waals surface area contributed by atoms with Crippen LogP contribution in [-0.4, -0.2) is 72.5 Å². The lowest BCUT2D eigenvalue weighted by Gasteiger charge is -2.36. The Balaban J connectivity index is 1.37. The number of aromatic nitrogens is 6. The predicted octanol–water partition coefficient (Wildman–Crippen LogP) is 3.98. The van der Waals surface area contributed by atoms with Gasteiger partial charge in [-0.1, -0.05) is 17.7 Å². The first-order valence-electron chi connectivity index (χ1n) is 11.3. The summed E-state index contributed by atoms with van der Waals surface area (Å²) < 4.78 is 7.27. The van der Waals surface area contributed by atoms with Crippen molar-refractivity contribution in [3.63, 3.8) is 0 Å². The third-order valence-corrected chi connectivity index (χ3v) is 5.69. The van der Waals surface area contributed by atoms with Gasteiger partial charge in [0.1, 0.15) is 22.3 Å². The molecule has 0 N–H and O–H groups in total. The van der Waals surface area contributed by atoms with Crippen LogP contribution in [-0.2, 0) is 4.74 Å². The highest BCUT2D eigenvalue weighted by Crippen LogP contribution is 2.24. The number of rotatable bonds is 3.